The predicted molar refractivity (Wildman–Crippen MR) is 96.7 cm³/mol. The first-order chi connectivity index (χ1) is 12.6. The van der Waals surface area contributed by atoms with E-state index in [1.165, 1.54) is 19.4 Å². The van der Waals surface area contributed by atoms with Crippen molar-refractivity contribution in [2.45, 2.75) is 6.54 Å². The largest absolute Gasteiger partial charge is 0.497 e. The molecular formula is C17H18FN7O. The maximum absolute atomic E-state index is 14.0. The highest BCUT2D eigenvalue weighted by atomic mass is 19.1. The molecule has 26 heavy (non-hydrogen) atoms. The van der Waals surface area contributed by atoms with Gasteiger partial charge in [-0.2, -0.15) is 10.1 Å². The van der Waals surface area contributed by atoms with E-state index in [4.69, 9.17) is 10.1 Å². The van der Waals surface area contributed by atoms with Gasteiger partial charge in [-0.05, 0) is 18.2 Å². The molecule has 2 heterocycles. The fraction of sp³-hybridized carbons (Fsp3) is 0.176. The summed E-state index contributed by atoms with van der Waals surface area (Å²) in [7, 11) is 3.33. The first kappa shape index (κ1) is 17.3. The molecule has 0 saturated heterocycles. The second-order valence-electron chi connectivity index (χ2n) is 5.48. The standard InChI is InChI=1S/C17H18FN7O/c1-25-10-13(9-22-25)23-17-21-8-12(6-19)16(24-17)20-7-11-5-14(26-2)3-4-15(11)18/h3-6,8-10,19H,7H2,1-2H3,(H2,20,21,23,24). The first-order valence-electron chi connectivity index (χ1n) is 7.78. The Morgan fingerprint density at radius 3 is 2.88 bits per heavy atom. The molecule has 9 heteroatoms. The second kappa shape index (κ2) is 7.60. The van der Waals surface area contributed by atoms with Crippen LogP contribution < -0.4 is 15.4 Å². The summed E-state index contributed by atoms with van der Waals surface area (Å²) in [6.07, 6.45) is 6.08. The Labute approximate surface area is 149 Å². The Hall–Kier alpha value is -3.49. The van der Waals surface area contributed by atoms with Gasteiger partial charge in [0.25, 0.3) is 0 Å². The molecule has 3 aromatic rings. The Bertz CT molecular complexity index is 925. The number of nitrogens with one attached hydrogen (secondary N) is 3. The highest BCUT2D eigenvalue weighted by Crippen LogP contribution is 2.20. The summed E-state index contributed by atoms with van der Waals surface area (Å²) in [5, 5.41) is 17.6. The van der Waals surface area contributed by atoms with E-state index in [2.05, 4.69) is 25.7 Å². The maximum Gasteiger partial charge on any atom is 0.229 e. The lowest BCUT2D eigenvalue weighted by Crippen LogP contribution is -2.08. The number of hydrogen-bond donors (Lipinski definition) is 3. The number of aromatic nitrogens is 4. The molecular weight excluding hydrogens is 337 g/mol. The summed E-state index contributed by atoms with van der Waals surface area (Å²) in [6.45, 7) is 0.188. The molecule has 0 fully saturated rings. The molecule has 0 unspecified atom stereocenters. The number of aryl methyl sites for hydroxylation is 1. The molecule has 3 rings (SSSR count). The number of anilines is 3. The summed E-state index contributed by atoms with van der Waals surface area (Å²) < 4.78 is 20.7. The van der Waals surface area contributed by atoms with Crippen molar-refractivity contribution >= 4 is 23.7 Å². The van der Waals surface area contributed by atoms with Crippen LogP contribution in [0.3, 0.4) is 0 Å². The number of ether oxygens (including phenoxy) is 1. The van der Waals surface area contributed by atoms with Crippen LogP contribution >= 0.6 is 0 Å². The van der Waals surface area contributed by atoms with Gasteiger partial charge in [-0.3, -0.25) is 4.68 Å². The average molecular weight is 355 g/mol. The number of hydrogen-bond acceptors (Lipinski definition) is 7. The van der Waals surface area contributed by atoms with Crippen LogP contribution in [0.4, 0.5) is 21.8 Å². The quantitative estimate of drug-likeness (QED) is 0.564. The van der Waals surface area contributed by atoms with E-state index in [9.17, 15) is 4.39 Å². The molecule has 0 aliphatic carbocycles. The van der Waals surface area contributed by atoms with Crippen LogP contribution in [0.15, 0.2) is 36.8 Å². The lowest BCUT2D eigenvalue weighted by Gasteiger charge is -2.11. The van der Waals surface area contributed by atoms with Crippen molar-refractivity contribution in [3.05, 3.63) is 53.7 Å². The van der Waals surface area contributed by atoms with Gasteiger partial charge in [-0.15, -0.1) is 0 Å². The van der Waals surface area contributed by atoms with Gasteiger partial charge < -0.3 is 20.8 Å². The predicted octanol–water partition coefficient (Wildman–Crippen LogP) is 2.71. The van der Waals surface area contributed by atoms with Gasteiger partial charge in [0.05, 0.1) is 24.6 Å². The van der Waals surface area contributed by atoms with Crippen molar-refractivity contribution in [2.24, 2.45) is 7.05 Å². The smallest absolute Gasteiger partial charge is 0.229 e. The first-order valence-corrected chi connectivity index (χ1v) is 7.78. The highest BCUT2D eigenvalue weighted by molar-refractivity contribution is 5.84. The highest BCUT2D eigenvalue weighted by Gasteiger charge is 2.09. The molecule has 2 aromatic heterocycles. The van der Waals surface area contributed by atoms with Crippen LogP contribution in [0.1, 0.15) is 11.1 Å². The Kier molecular flexibility index (Phi) is 5.07. The van der Waals surface area contributed by atoms with Crippen LogP contribution in [0.25, 0.3) is 0 Å². The Morgan fingerprint density at radius 2 is 2.19 bits per heavy atom. The monoisotopic (exact) mass is 355 g/mol. The summed E-state index contributed by atoms with van der Waals surface area (Å²) in [5.41, 5.74) is 1.66. The fourth-order valence-electron chi connectivity index (χ4n) is 2.31. The Morgan fingerprint density at radius 1 is 1.35 bits per heavy atom. The topological polar surface area (TPSA) is 101 Å². The van der Waals surface area contributed by atoms with Crippen molar-refractivity contribution in [1.82, 2.24) is 19.7 Å². The van der Waals surface area contributed by atoms with E-state index in [0.717, 1.165) is 11.9 Å². The van der Waals surface area contributed by atoms with E-state index >= 15 is 0 Å². The molecule has 1 aromatic carbocycles. The van der Waals surface area contributed by atoms with Crippen molar-refractivity contribution in [3.63, 3.8) is 0 Å². The van der Waals surface area contributed by atoms with Crippen LogP contribution in [0.5, 0.6) is 5.75 Å². The van der Waals surface area contributed by atoms with Crippen molar-refractivity contribution in [1.29, 1.82) is 5.41 Å². The normalized spacial score (nSPS) is 10.4. The van der Waals surface area contributed by atoms with Crippen LogP contribution in [0, 0.1) is 11.2 Å². The van der Waals surface area contributed by atoms with Crippen LogP contribution in [-0.2, 0) is 13.6 Å². The maximum atomic E-state index is 14.0. The van der Waals surface area contributed by atoms with E-state index in [1.54, 1.807) is 36.3 Å². The average Bonchev–Trinajstić information content (AvgIpc) is 3.06. The molecule has 134 valence electrons. The summed E-state index contributed by atoms with van der Waals surface area (Å²) >= 11 is 0. The molecule has 0 saturated carbocycles. The second-order valence-corrected chi connectivity index (χ2v) is 5.48. The summed E-state index contributed by atoms with van der Waals surface area (Å²) in [6, 6.07) is 4.52. The number of methoxy groups -OCH3 is 1. The van der Waals surface area contributed by atoms with Gasteiger partial charge in [0, 0.05) is 37.8 Å². The SMILES string of the molecule is COc1ccc(F)c(CNc2nc(Nc3cnn(C)c3)ncc2C=N)c1. The third-order valence-electron chi connectivity index (χ3n) is 3.63. The van der Waals surface area contributed by atoms with Crippen LogP contribution in [-0.4, -0.2) is 33.1 Å². The lowest BCUT2D eigenvalue weighted by molar-refractivity contribution is 0.413. The summed E-state index contributed by atoms with van der Waals surface area (Å²) in [5.74, 6) is 0.982. The van der Waals surface area contributed by atoms with E-state index < -0.39 is 0 Å². The van der Waals surface area contributed by atoms with Gasteiger partial charge in [0.2, 0.25) is 5.95 Å². The number of nitrogens with zero attached hydrogens (tertiary/aromatic N) is 4. The molecule has 3 N–H and O–H groups in total. The van der Waals surface area contributed by atoms with Gasteiger partial charge in [-0.1, -0.05) is 0 Å². The van der Waals surface area contributed by atoms with Gasteiger partial charge >= 0.3 is 0 Å². The third kappa shape index (κ3) is 3.94. The minimum Gasteiger partial charge on any atom is -0.497 e. The molecule has 0 aliphatic rings. The third-order valence-corrected chi connectivity index (χ3v) is 3.63. The zero-order valence-corrected chi connectivity index (χ0v) is 14.3. The number of halogens is 1. The minimum atomic E-state index is -0.350. The fourth-order valence-corrected chi connectivity index (χ4v) is 2.31. The Balaban J connectivity index is 1.79. The minimum absolute atomic E-state index is 0.188. The molecule has 0 amide bonds. The zero-order valence-electron chi connectivity index (χ0n) is 14.3. The van der Waals surface area contributed by atoms with Crippen molar-refractivity contribution < 1.29 is 9.13 Å². The molecule has 8 nitrogen and oxygen atoms in total. The van der Waals surface area contributed by atoms with Gasteiger partial charge in [0.15, 0.2) is 0 Å². The van der Waals surface area contributed by atoms with E-state index in [-0.39, 0.29) is 12.4 Å². The van der Waals surface area contributed by atoms with Crippen LogP contribution in [0.2, 0.25) is 0 Å². The van der Waals surface area contributed by atoms with E-state index in [1.807, 2.05) is 0 Å². The number of rotatable bonds is 7. The molecule has 0 atom stereocenters. The van der Waals surface area contributed by atoms with Gasteiger partial charge in [0.1, 0.15) is 17.4 Å². The molecule has 0 aliphatic heterocycles. The molecule has 0 radical (unpaired) electrons. The zero-order chi connectivity index (χ0) is 18.5. The number of benzene rings is 1. The van der Waals surface area contributed by atoms with Crippen molar-refractivity contribution in [2.75, 3.05) is 17.7 Å². The summed E-state index contributed by atoms with van der Waals surface area (Å²) in [4.78, 5) is 8.53. The van der Waals surface area contributed by atoms with Gasteiger partial charge in [-0.25, -0.2) is 9.37 Å². The molecule has 0 spiro atoms. The van der Waals surface area contributed by atoms with E-state index in [0.29, 0.717) is 28.6 Å². The molecule has 0 bridgehead atoms. The van der Waals surface area contributed by atoms with Crippen molar-refractivity contribution in [3.8, 4) is 5.75 Å². The lowest BCUT2D eigenvalue weighted by atomic mass is 10.2.